The molecule has 1 N–H and O–H groups in total. The number of nitriles is 1. The Kier molecular flexibility index (Phi) is 4.20. The quantitative estimate of drug-likeness (QED) is 0.836. The van der Waals surface area contributed by atoms with Crippen LogP contribution in [0, 0.1) is 11.3 Å². The summed E-state index contributed by atoms with van der Waals surface area (Å²) in [5, 5.41) is 11.5. The number of piperazine rings is 1. The molecule has 1 fully saturated rings. The predicted octanol–water partition coefficient (Wildman–Crippen LogP) is 1.25. The number of anilines is 1. The number of hydrogen-bond acceptors (Lipinski definition) is 3. The highest BCUT2D eigenvalue weighted by Crippen LogP contribution is 2.11. The van der Waals surface area contributed by atoms with Crippen molar-refractivity contribution in [3.63, 3.8) is 0 Å². The van der Waals surface area contributed by atoms with Gasteiger partial charge in [-0.1, -0.05) is 0 Å². The van der Waals surface area contributed by atoms with Gasteiger partial charge in [0.1, 0.15) is 0 Å². The first-order chi connectivity index (χ1) is 9.60. The third-order valence-corrected chi connectivity index (χ3v) is 3.28. The van der Waals surface area contributed by atoms with Gasteiger partial charge in [-0.15, -0.1) is 0 Å². The zero-order chi connectivity index (χ0) is 14.5. The number of hydrogen-bond donors (Lipinski definition) is 1. The maximum Gasteiger partial charge on any atom is 0.321 e. The standard InChI is InChI=1S/C14H16N4O2/c1-11(19)17-6-8-18(9-7-17)14(20)16-13-4-2-12(10-15)3-5-13/h2-5H,6-9H2,1H3,(H,16,20). The van der Waals surface area contributed by atoms with E-state index < -0.39 is 0 Å². The molecule has 104 valence electrons. The summed E-state index contributed by atoms with van der Waals surface area (Å²) < 4.78 is 0. The number of rotatable bonds is 1. The molecule has 1 heterocycles. The molecule has 0 spiro atoms. The average molecular weight is 272 g/mol. The maximum absolute atomic E-state index is 12.0. The van der Waals surface area contributed by atoms with Gasteiger partial charge in [-0.2, -0.15) is 5.26 Å². The SMILES string of the molecule is CC(=O)N1CCN(C(=O)Nc2ccc(C#N)cc2)CC1. The van der Waals surface area contributed by atoms with E-state index in [4.69, 9.17) is 5.26 Å². The lowest BCUT2D eigenvalue weighted by Crippen LogP contribution is -2.51. The average Bonchev–Trinajstić information content (AvgIpc) is 2.48. The first-order valence-electron chi connectivity index (χ1n) is 6.42. The molecule has 6 nitrogen and oxygen atoms in total. The van der Waals surface area contributed by atoms with Crippen LogP contribution in [0.15, 0.2) is 24.3 Å². The van der Waals surface area contributed by atoms with E-state index >= 15 is 0 Å². The summed E-state index contributed by atoms with van der Waals surface area (Å²) in [7, 11) is 0. The fourth-order valence-electron chi connectivity index (χ4n) is 2.06. The second-order valence-electron chi connectivity index (χ2n) is 4.61. The van der Waals surface area contributed by atoms with Crippen LogP contribution in [0.3, 0.4) is 0 Å². The lowest BCUT2D eigenvalue weighted by Gasteiger charge is -2.34. The third kappa shape index (κ3) is 3.26. The summed E-state index contributed by atoms with van der Waals surface area (Å²) >= 11 is 0. The lowest BCUT2D eigenvalue weighted by atomic mass is 10.2. The van der Waals surface area contributed by atoms with E-state index in [0.717, 1.165) is 0 Å². The van der Waals surface area contributed by atoms with E-state index in [1.165, 1.54) is 6.92 Å². The van der Waals surface area contributed by atoms with Crippen molar-refractivity contribution in [2.24, 2.45) is 0 Å². The van der Waals surface area contributed by atoms with Gasteiger partial charge in [0.25, 0.3) is 0 Å². The van der Waals surface area contributed by atoms with Gasteiger partial charge in [0.05, 0.1) is 11.6 Å². The molecule has 0 atom stereocenters. The highest BCUT2D eigenvalue weighted by Gasteiger charge is 2.22. The largest absolute Gasteiger partial charge is 0.339 e. The monoisotopic (exact) mass is 272 g/mol. The molecule has 6 heteroatoms. The second-order valence-corrected chi connectivity index (χ2v) is 4.61. The van der Waals surface area contributed by atoms with Gasteiger partial charge in [0, 0.05) is 38.8 Å². The summed E-state index contributed by atoms with van der Waals surface area (Å²) in [6, 6.07) is 8.55. The molecular weight excluding hydrogens is 256 g/mol. The van der Waals surface area contributed by atoms with E-state index in [-0.39, 0.29) is 11.9 Å². The van der Waals surface area contributed by atoms with Crippen LogP contribution in [0.1, 0.15) is 12.5 Å². The van der Waals surface area contributed by atoms with E-state index in [9.17, 15) is 9.59 Å². The molecule has 1 aromatic carbocycles. The summed E-state index contributed by atoms with van der Waals surface area (Å²) in [6.45, 7) is 3.72. The van der Waals surface area contributed by atoms with Gasteiger partial charge >= 0.3 is 6.03 Å². The first-order valence-corrected chi connectivity index (χ1v) is 6.42. The molecule has 0 saturated carbocycles. The smallest absolute Gasteiger partial charge is 0.321 e. The molecule has 0 bridgehead atoms. The summed E-state index contributed by atoms with van der Waals surface area (Å²) in [4.78, 5) is 26.7. The maximum atomic E-state index is 12.0. The van der Waals surface area contributed by atoms with E-state index in [1.807, 2.05) is 6.07 Å². The summed E-state index contributed by atoms with van der Waals surface area (Å²) in [5.41, 5.74) is 1.21. The minimum Gasteiger partial charge on any atom is -0.339 e. The Bertz CT molecular complexity index is 539. The van der Waals surface area contributed by atoms with Crippen LogP contribution < -0.4 is 5.32 Å². The summed E-state index contributed by atoms with van der Waals surface area (Å²) in [5.74, 6) is 0.0390. The first kappa shape index (κ1) is 13.9. The van der Waals surface area contributed by atoms with Crippen LogP contribution in [-0.2, 0) is 4.79 Å². The van der Waals surface area contributed by atoms with Crippen molar-refractivity contribution in [1.29, 1.82) is 5.26 Å². The Balaban J connectivity index is 1.89. The van der Waals surface area contributed by atoms with Crippen LogP contribution in [0.4, 0.5) is 10.5 Å². The Morgan fingerprint density at radius 2 is 1.65 bits per heavy atom. The highest BCUT2D eigenvalue weighted by molar-refractivity contribution is 5.89. The minimum absolute atomic E-state index is 0.0390. The van der Waals surface area contributed by atoms with Gasteiger partial charge < -0.3 is 15.1 Å². The molecule has 0 radical (unpaired) electrons. The van der Waals surface area contributed by atoms with Crippen LogP contribution in [0.5, 0.6) is 0 Å². The Morgan fingerprint density at radius 3 is 2.15 bits per heavy atom. The number of nitrogens with zero attached hydrogens (tertiary/aromatic N) is 3. The Morgan fingerprint density at radius 1 is 1.10 bits per heavy atom. The van der Waals surface area contributed by atoms with Crippen molar-refractivity contribution < 1.29 is 9.59 Å². The zero-order valence-electron chi connectivity index (χ0n) is 11.3. The number of benzene rings is 1. The topological polar surface area (TPSA) is 76.4 Å². The van der Waals surface area contributed by atoms with Crippen molar-refractivity contribution in [1.82, 2.24) is 9.80 Å². The molecule has 1 aliphatic heterocycles. The molecule has 0 aromatic heterocycles. The predicted molar refractivity (Wildman–Crippen MR) is 74.0 cm³/mol. The van der Waals surface area contributed by atoms with Crippen LogP contribution in [-0.4, -0.2) is 47.9 Å². The fraction of sp³-hybridized carbons (Fsp3) is 0.357. The highest BCUT2D eigenvalue weighted by atomic mass is 16.2. The second kappa shape index (κ2) is 6.06. The van der Waals surface area contributed by atoms with Crippen molar-refractivity contribution in [2.45, 2.75) is 6.92 Å². The minimum atomic E-state index is -0.182. The number of amides is 3. The van der Waals surface area contributed by atoms with Crippen LogP contribution in [0.25, 0.3) is 0 Å². The molecule has 0 unspecified atom stereocenters. The zero-order valence-corrected chi connectivity index (χ0v) is 11.3. The molecule has 1 aromatic rings. The van der Waals surface area contributed by atoms with Gasteiger partial charge in [-0.05, 0) is 24.3 Å². The molecule has 3 amide bonds. The Hall–Kier alpha value is -2.55. The van der Waals surface area contributed by atoms with Gasteiger partial charge in [0.15, 0.2) is 0 Å². The third-order valence-electron chi connectivity index (χ3n) is 3.28. The van der Waals surface area contributed by atoms with Crippen molar-refractivity contribution >= 4 is 17.6 Å². The van der Waals surface area contributed by atoms with Crippen molar-refractivity contribution in [2.75, 3.05) is 31.5 Å². The molecule has 2 rings (SSSR count). The fourth-order valence-corrected chi connectivity index (χ4v) is 2.06. The van der Waals surface area contributed by atoms with E-state index in [1.54, 1.807) is 34.1 Å². The number of carbonyl (C=O) groups excluding carboxylic acids is 2. The van der Waals surface area contributed by atoms with E-state index in [0.29, 0.717) is 37.4 Å². The van der Waals surface area contributed by atoms with Gasteiger partial charge in [-0.3, -0.25) is 4.79 Å². The van der Waals surface area contributed by atoms with Gasteiger partial charge in [0.2, 0.25) is 5.91 Å². The number of nitrogens with one attached hydrogen (secondary N) is 1. The van der Waals surface area contributed by atoms with Crippen LogP contribution in [0.2, 0.25) is 0 Å². The number of urea groups is 1. The van der Waals surface area contributed by atoms with Crippen molar-refractivity contribution in [3.8, 4) is 6.07 Å². The van der Waals surface area contributed by atoms with Crippen LogP contribution >= 0.6 is 0 Å². The molecular formula is C14H16N4O2. The number of carbonyl (C=O) groups is 2. The normalized spacial score (nSPS) is 14.6. The Labute approximate surface area is 117 Å². The molecule has 1 aliphatic rings. The lowest BCUT2D eigenvalue weighted by molar-refractivity contribution is -0.130. The summed E-state index contributed by atoms with van der Waals surface area (Å²) in [6.07, 6.45) is 0. The van der Waals surface area contributed by atoms with E-state index in [2.05, 4.69) is 5.32 Å². The molecule has 1 saturated heterocycles. The van der Waals surface area contributed by atoms with Crippen molar-refractivity contribution in [3.05, 3.63) is 29.8 Å². The van der Waals surface area contributed by atoms with Gasteiger partial charge in [-0.25, -0.2) is 4.79 Å². The molecule has 0 aliphatic carbocycles. The molecule has 20 heavy (non-hydrogen) atoms.